The van der Waals surface area contributed by atoms with Crippen LogP contribution in [0.2, 0.25) is 0 Å². The van der Waals surface area contributed by atoms with Crippen LogP contribution in [0, 0.1) is 16.7 Å². The van der Waals surface area contributed by atoms with Crippen molar-refractivity contribution >= 4 is 23.7 Å². The Hall–Kier alpha value is -3.12. The molecule has 0 aromatic heterocycles. The van der Waals surface area contributed by atoms with E-state index in [9.17, 15) is 34.5 Å². The number of aliphatic hydroxyl groups excluding tert-OH is 2. The van der Waals surface area contributed by atoms with Crippen molar-refractivity contribution in [3.05, 3.63) is 47.0 Å². The van der Waals surface area contributed by atoms with Crippen LogP contribution in [0.25, 0.3) is 0 Å². The van der Waals surface area contributed by atoms with E-state index in [0.717, 1.165) is 6.92 Å². The number of aliphatic hydroxyl groups is 3. The van der Waals surface area contributed by atoms with Crippen LogP contribution in [-0.2, 0) is 33.3 Å². The predicted molar refractivity (Wildman–Crippen MR) is 145 cm³/mol. The summed E-state index contributed by atoms with van der Waals surface area (Å²) in [6, 6.07) is 8.05. The third-order valence-electron chi connectivity index (χ3n) is 10.2. The van der Waals surface area contributed by atoms with Gasteiger partial charge in [0.1, 0.15) is 17.8 Å². The number of hydrogen-bond donors (Lipinski definition) is 3. The summed E-state index contributed by atoms with van der Waals surface area (Å²) in [7, 11) is 0. The van der Waals surface area contributed by atoms with Gasteiger partial charge in [-0.2, -0.15) is 0 Å². The Bertz CT molecular complexity index is 1350. The van der Waals surface area contributed by atoms with Crippen molar-refractivity contribution in [3.8, 4) is 0 Å². The van der Waals surface area contributed by atoms with Crippen LogP contribution in [-0.4, -0.2) is 87.3 Å². The number of fused-ring (bicyclic) bond motifs is 5. The monoisotopic (exact) mass is 586 g/mol. The zero-order valence-corrected chi connectivity index (χ0v) is 24.6. The maximum Gasteiger partial charge on any atom is 0.338 e. The largest absolute Gasteiger partial charge is 0.455 e. The van der Waals surface area contributed by atoms with E-state index >= 15 is 0 Å². The second kappa shape index (κ2) is 9.97. The van der Waals surface area contributed by atoms with Gasteiger partial charge in [0, 0.05) is 32.1 Å². The molecule has 0 spiro atoms. The minimum atomic E-state index is -2.11. The lowest BCUT2D eigenvalue weighted by atomic mass is 9.44. The Balaban J connectivity index is 1.84. The molecule has 2 bridgehead atoms. The van der Waals surface area contributed by atoms with Crippen molar-refractivity contribution in [2.75, 3.05) is 6.61 Å². The Kier molecular flexibility index (Phi) is 7.20. The highest BCUT2D eigenvalue weighted by Crippen LogP contribution is 2.64. The van der Waals surface area contributed by atoms with Gasteiger partial charge >= 0.3 is 17.9 Å². The zero-order chi connectivity index (χ0) is 31.0. The Labute approximate surface area is 243 Å². The van der Waals surface area contributed by atoms with Gasteiger partial charge in [0.2, 0.25) is 0 Å². The number of benzene rings is 1. The minimum Gasteiger partial charge on any atom is -0.455 e. The first-order chi connectivity index (χ1) is 19.5. The maximum atomic E-state index is 14.8. The standard InChI is InChI=1S/C31H38O11/c1-15-19(34)13-31(38)26(41-27(37)18-10-8-7-9-11-18)24-29(6,20(35)12-21-30(24,14-39-21)42-17(3)33)25(36)23(40-16(2)32)22(15)28(31,4)5/h7-11,19-21,23-24,26,34-35,38H,12-14H2,1-6H3/t19?,20-,21+,23+,24?,26-,29+,30-,31+/m0/s1. The molecular weight excluding hydrogens is 548 g/mol. The van der Waals surface area contributed by atoms with E-state index in [1.165, 1.54) is 26.0 Å². The Morgan fingerprint density at radius 2 is 1.64 bits per heavy atom. The molecule has 1 saturated heterocycles. The van der Waals surface area contributed by atoms with Crippen LogP contribution in [0.1, 0.15) is 64.7 Å². The molecule has 2 unspecified atom stereocenters. The molecule has 1 aliphatic heterocycles. The number of hydrogen-bond acceptors (Lipinski definition) is 11. The molecule has 1 aromatic carbocycles. The van der Waals surface area contributed by atoms with E-state index in [1.807, 2.05) is 0 Å². The highest BCUT2D eigenvalue weighted by Gasteiger charge is 2.78. The number of rotatable bonds is 4. The number of carbonyl (C=O) groups is 4. The lowest BCUT2D eigenvalue weighted by molar-refractivity contribution is -0.345. The summed E-state index contributed by atoms with van der Waals surface area (Å²) >= 11 is 0. The van der Waals surface area contributed by atoms with E-state index in [2.05, 4.69) is 0 Å². The Morgan fingerprint density at radius 3 is 2.19 bits per heavy atom. The summed E-state index contributed by atoms with van der Waals surface area (Å²) in [5.41, 5.74) is -6.38. The fourth-order valence-corrected chi connectivity index (χ4v) is 7.91. The number of ether oxygens (including phenoxy) is 4. The first-order valence-corrected chi connectivity index (χ1v) is 14.1. The molecular formula is C31H38O11. The van der Waals surface area contributed by atoms with Gasteiger partial charge in [-0.1, -0.05) is 32.0 Å². The molecule has 42 heavy (non-hydrogen) atoms. The van der Waals surface area contributed by atoms with Crippen molar-refractivity contribution in [2.45, 2.75) is 96.1 Å². The molecule has 3 N–H and O–H groups in total. The molecule has 228 valence electrons. The van der Waals surface area contributed by atoms with Crippen LogP contribution < -0.4 is 0 Å². The fourth-order valence-electron chi connectivity index (χ4n) is 7.91. The van der Waals surface area contributed by atoms with Crippen LogP contribution in [0.15, 0.2) is 41.5 Å². The van der Waals surface area contributed by atoms with Gasteiger partial charge in [-0.3, -0.25) is 14.4 Å². The van der Waals surface area contributed by atoms with Crippen LogP contribution in [0.5, 0.6) is 0 Å². The van der Waals surface area contributed by atoms with Crippen molar-refractivity contribution in [2.24, 2.45) is 16.7 Å². The Morgan fingerprint density at radius 1 is 1.00 bits per heavy atom. The quantitative estimate of drug-likeness (QED) is 0.267. The van der Waals surface area contributed by atoms with E-state index < -0.39 is 82.2 Å². The first kappa shape index (κ1) is 30.3. The fraction of sp³-hybridized carbons (Fsp3) is 0.613. The maximum absolute atomic E-state index is 14.8. The molecule has 1 aromatic rings. The van der Waals surface area contributed by atoms with Crippen molar-refractivity contribution < 1.29 is 53.4 Å². The highest BCUT2D eigenvalue weighted by molar-refractivity contribution is 5.95. The van der Waals surface area contributed by atoms with Gasteiger partial charge in [0.15, 0.2) is 17.5 Å². The highest BCUT2D eigenvalue weighted by atomic mass is 16.6. The van der Waals surface area contributed by atoms with E-state index in [1.54, 1.807) is 39.0 Å². The summed E-state index contributed by atoms with van der Waals surface area (Å²) in [4.78, 5) is 53.4. The van der Waals surface area contributed by atoms with E-state index in [-0.39, 0.29) is 30.6 Å². The van der Waals surface area contributed by atoms with Gasteiger partial charge in [-0.05, 0) is 37.1 Å². The summed E-state index contributed by atoms with van der Waals surface area (Å²) in [6.07, 6.45) is -7.27. The average Bonchev–Trinajstić information content (AvgIpc) is 2.90. The van der Waals surface area contributed by atoms with Crippen LogP contribution >= 0.6 is 0 Å². The molecule has 5 rings (SSSR count). The third-order valence-corrected chi connectivity index (χ3v) is 10.2. The van der Waals surface area contributed by atoms with Gasteiger partial charge < -0.3 is 34.3 Å². The van der Waals surface area contributed by atoms with Crippen LogP contribution in [0.3, 0.4) is 0 Å². The summed E-state index contributed by atoms with van der Waals surface area (Å²) in [6.45, 7) is 8.42. The third kappa shape index (κ3) is 4.08. The molecule has 0 radical (unpaired) electrons. The summed E-state index contributed by atoms with van der Waals surface area (Å²) in [5, 5.41) is 35.8. The lowest BCUT2D eigenvalue weighted by Crippen LogP contribution is -2.81. The molecule has 9 atom stereocenters. The molecule has 0 amide bonds. The number of ketones is 1. The zero-order valence-electron chi connectivity index (χ0n) is 24.6. The average molecular weight is 587 g/mol. The van der Waals surface area contributed by atoms with Crippen molar-refractivity contribution in [1.82, 2.24) is 0 Å². The van der Waals surface area contributed by atoms with Crippen molar-refractivity contribution in [3.63, 3.8) is 0 Å². The second-order valence-electron chi connectivity index (χ2n) is 12.8. The van der Waals surface area contributed by atoms with E-state index in [4.69, 9.17) is 18.9 Å². The second-order valence-corrected chi connectivity index (χ2v) is 12.8. The lowest BCUT2D eigenvalue weighted by Gasteiger charge is -2.67. The normalized spacial score (nSPS) is 40.4. The SMILES string of the molecule is CC(=O)O[C@H]1C(=O)[C@@]2(C)C([C@H](OC(=O)c3ccccc3)[C@]3(O)CC(O)C(C)=C1C3(C)C)[C@]1(OC(C)=O)CO[C@@H]1C[C@@H]2O. The number of Topliss-reactive ketones (excluding diaryl/α,β-unsaturated/α-hetero) is 1. The minimum absolute atomic E-state index is 0.110. The summed E-state index contributed by atoms with van der Waals surface area (Å²) < 4.78 is 23.5. The van der Waals surface area contributed by atoms with Crippen LogP contribution in [0.4, 0.5) is 0 Å². The predicted octanol–water partition coefficient (Wildman–Crippen LogP) is 1.65. The van der Waals surface area contributed by atoms with E-state index in [0.29, 0.717) is 5.57 Å². The number of carbonyl (C=O) groups excluding carboxylic acids is 4. The molecule has 11 heteroatoms. The van der Waals surface area contributed by atoms with Gasteiger partial charge in [-0.25, -0.2) is 4.79 Å². The molecule has 2 saturated carbocycles. The molecule has 11 nitrogen and oxygen atoms in total. The molecule has 4 aliphatic rings. The first-order valence-electron chi connectivity index (χ1n) is 14.1. The smallest absolute Gasteiger partial charge is 0.338 e. The molecule has 3 fully saturated rings. The summed E-state index contributed by atoms with van der Waals surface area (Å²) in [5.74, 6) is -4.41. The van der Waals surface area contributed by atoms with Crippen molar-refractivity contribution in [1.29, 1.82) is 0 Å². The molecule has 1 heterocycles. The number of esters is 3. The van der Waals surface area contributed by atoms with Gasteiger partial charge in [0.05, 0.1) is 35.7 Å². The molecule has 3 aliphatic carbocycles. The van der Waals surface area contributed by atoms with Gasteiger partial charge in [-0.15, -0.1) is 0 Å². The van der Waals surface area contributed by atoms with Gasteiger partial charge in [0.25, 0.3) is 0 Å². The topological polar surface area (TPSA) is 166 Å².